The van der Waals surface area contributed by atoms with Crippen LogP contribution in [0.5, 0.6) is 0 Å². The number of rotatable bonds is 9. The molecule has 0 radical (unpaired) electrons. The second-order valence-electron chi connectivity index (χ2n) is 7.93. The third kappa shape index (κ3) is 6.68. The fraction of sp³-hybridized carbons (Fsp3) is 0.222. The van der Waals surface area contributed by atoms with Crippen LogP contribution in [0.25, 0.3) is 0 Å². The van der Waals surface area contributed by atoms with E-state index in [-0.39, 0.29) is 30.7 Å². The fourth-order valence-corrected chi connectivity index (χ4v) is 3.81. The first-order valence-corrected chi connectivity index (χ1v) is 11.5. The fourth-order valence-electron chi connectivity index (χ4n) is 3.59. The molecule has 0 aliphatic rings. The van der Waals surface area contributed by atoms with Gasteiger partial charge in [0.2, 0.25) is 11.8 Å². The van der Waals surface area contributed by atoms with Gasteiger partial charge in [-0.3, -0.25) is 14.4 Å². The van der Waals surface area contributed by atoms with Gasteiger partial charge >= 0.3 is 0 Å². The van der Waals surface area contributed by atoms with Gasteiger partial charge in [0, 0.05) is 12.7 Å². The molecule has 0 saturated heterocycles. The van der Waals surface area contributed by atoms with E-state index >= 15 is 0 Å². The van der Waals surface area contributed by atoms with Crippen molar-refractivity contribution >= 4 is 35.0 Å². The van der Waals surface area contributed by atoms with Crippen molar-refractivity contribution in [3.05, 3.63) is 101 Å². The van der Waals surface area contributed by atoms with Gasteiger partial charge < -0.3 is 15.5 Å². The van der Waals surface area contributed by atoms with Crippen LogP contribution >= 0.6 is 11.6 Å². The minimum absolute atomic E-state index is 0.00443. The Kier molecular flexibility index (Phi) is 8.82. The van der Waals surface area contributed by atoms with Gasteiger partial charge in [0.05, 0.1) is 29.6 Å². The summed E-state index contributed by atoms with van der Waals surface area (Å²) in [7, 11) is 1.57. The van der Waals surface area contributed by atoms with Crippen molar-refractivity contribution in [2.24, 2.45) is 0 Å². The Morgan fingerprint density at radius 2 is 1.56 bits per heavy atom. The Hall–Kier alpha value is -3.64. The van der Waals surface area contributed by atoms with Gasteiger partial charge in [0.15, 0.2) is 0 Å². The van der Waals surface area contributed by atoms with E-state index in [4.69, 9.17) is 11.6 Å². The summed E-state index contributed by atoms with van der Waals surface area (Å²) in [5.74, 6) is -0.927. The lowest BCUT2D eigenvalue weighted by Gasteiger charge is -2.23. The quantitative estimate of drug-likeness (QED) is 0.462. The first kappa shape index (κ1) is 25.0. The molecule has 6 nitrogen and oxygen atoms in total. The van der Waals surface area contributed by atoms with Gasteiger partial charge in [-0.25, -0.2) is 0 Å². The van der Waals surface area contributed by atoms with Gasteiger partial charge in [0.25, 0.3) is 5.91 Å². The maximum Gasteiger partial charge on any atom is 0.253 e. The topological polar surface area (TPSA) is 78.5 Å². The second-order valence-corrected chi connectivity index (χ2v) is 8.34. The standard InChI is InChI=1S/C27H28ClN3O3/c1-3-19-11-7-10-16-23(19)29-25(32)18-31(2)26(33)17-24(20-12-5-4-6-13-20)30-27(34)21-14-8-9-15-22(21)28/h4-16,24H,3,17-18H2,1-2H3,(H,29,32)(H,30,34). The van der Waals surface area contributed by atoms with E-state index in [0.29, 0.717) is 10.6 Å². The van der Waals surface area contributed by atoms with Crippen molar-refractivity contribution in [2.75, 3.05) is 18.9 Å². The summed E-state index contributed by atoms with van der Waals surface area (Å²) in [6.45, 7) is 1.91. The summed E-state index contributed by atoms with van der Waals surface area (Å²) < 4.78 is 0. The maximum absolute atomic E-state index is 13.0. The van der Waals surface area contributed by atoms with Crippen molar-refractivity contribution in [3.63, 3.8) is 0 Å². The summed E-state index contributed by atoms with van der Waals surface area (Å²) in [5, 5.41) is 6.12. The van der Waals surface area contributed by atoms with Crippen LogP contribution in [-0.2, 0) is 16.0 Å². The highest BCUT2D eigenvalue weighted by Gasteiger charge is 2.23. The van der Waals surface area contributed by atoms with Crippen LogP contribution in [-0.4, -0.2) is 36.2 Å². The summed E-state index contributed by atoms with van der Waals surface area (Å²) in [6, 6.07) is 23.0. The van der Waals surface area contributed by atoms with Crippen LogP contribution in [0, 0.1) is 0 Å². The number of nitrogens with one attached hydrogen (secondary N) is 2. The first-order chi connectivity index (χ1) is 16.4. The highest BCUT2D eigenvalue weighted by atomic mass is 35.5. The van der Waals surface area contributed by atoms with Crippen LogP contribution in [0.2, 0.25) is 5.02 Å². The number of halogens is 1. The minimum atomic E-state index is -0.580. The molecule has 2 N–H and O–H groups in total. The summed E-state index contributed by atoms with van der Waals surface area (Å²) in [6.07, 6.45) is 0.782. The first-order valence-electron chi connectivity index (χ1n) is 11.1. The molecular weight excluding hydrogens is 450 g/mol. The number of para-hydroxylation sites is 1. The number of carbonyl (C=O) groups excluding carboxylic acids is 3. The van der Waals surface area contributed by atoms with E-state index in [1.165, 1.54) is 4.90 Å². The van der Waals surface area contributed by atoms with Gasteiger partial charge in [-0.1, -0.05) is 79.2 Å². The lowest BCUT2D eigenvalue weighted by atomic mass is 10.0. The Balaban J connectivity index is 1.68. The molecule has 3 aromatic rings. The molecule has 176 valence electrons. The molecule has 0 aliphatic heterocycles. The average Bonchev–Trinajstić information content (AvgIpc) is 2.84. The van der Waals surface area contributed by atoms with E-state index in [0.717, 1.165) is 23.2 Å². The Morgan fingerprint density at radius 1 is 0.912 bits per heavy atom. The van der Waals surface area contributed by atoms with Crippen molar-refractivity contribution in [3.8, 4) is 0 Å². The van der Waals surface area contributed by atoms with Gasteiger partial charge in [-0.05, 0) is 35.7 Å². The number of benzene rings is 3. The van der Waals surface area contributed by atoms with Crippen molar-refractivity contribution < 1.29 is 14.4 Å². The third-order valence-electron chi connectivity index (χ3n) is 5.48. The molecule has 0 fully saturated rings. The summed E-state index contributed by atoms with van der Waals surface area (Å²) >= 11 is 6.17. The second kappa shape index (κ2) is 12.0. The molecule has 0 aromatic heterocycles. The molecule has 1 unspecified atom stereocenters. The number of hydrogen-bond acceptors (Lipinski definition) is 3. The van der Waals surface area contributed by atoms with Gasteiger partial charge in [-0.2, -0.15) is 0 Å². The molecule has 0 aliphatic carbocycles. The molecule has 0 heterocycles. The maximum atomic E-state index is 13.0. The predicted octanol–water partition coefficient (Wildman–Crippen LogP) is 4.86. The van der Waals surface area contributed by atoms with E-state index in [9.17, 15) is 14.4 Å². The zero-order chi connectivity index (χ0) is 24.5. The number of likely N-dealkylation sites (N-methyl/N-ethyl adjacent to an activating group) is 1. The number of nitrogens with zero attached hydrogens (tertiary/aromatic N) is 1. The Labute approximate surface area is 204 Å². The zero-order valence-electron chi connectivity index (χ0n) is 19.3. The molecule has 3 amide bonds. The van der Waals surface area contributed by atoms with Crippen LogP contribution in [0.3, 0.4) is 0 Å². The van der Waals surface area contributed by atoms with Crippen LogP contribution in [0.1, 0.15) is 40.9 Å². The lowest BCUT2D eigenvalue weighted by Crippen LogP contribution is -2.38. The van der Waals surface area contributed by atoms with Crippen LogP contribution in [0.15, 0.2) is 78.9 Å². The Bertz CT molecular complexity index is 1150. The number of carbonyl (C=O) groups is 3. The van der Waals surface area contributed by atoms with Crippen molar-refractivity contribution in [1.82, 2.24) is 10.2 Å². The molecule has 7 heteroatoms. The van der Waals surface area contributed by atoms with Crippen LogP contribution < -0.4 is 10.6 Å². The summed E-state index contributed by atoms with van der Waals surface area (Å²) in [5.41, 5.74) is 2.88. The number of amides is 3. The molecule has 34 heavy (non-hydrogen) atoms. The zero-order valence-corrected chi connectivity index (χ0v) is 20.0. The lowest BCUT2D eigenvalue weighted by molar-refractivity contribution is -0.133. The van der Waals surface area contributed by atoms with Gasteiger partial charge in [-0.15, -0.1) is 0 Å². The van der Waals surface area contributed by atoms with E-state index < -0.39 is 6.04 Å². The minimum Gasteiger partial charge on any atom is -0.345 e. The van der Waals surface area contributed by atoms with Crippen molar-refractivity contribution in [2.45, 2.75) is 25.8 Å². The smallest absolute Gasteiger partial charge is 0.253 e. The number of anilines is 1. The molecule has 0 bridgehead atoms. The van der Waals surface area contributed by atoms with E-state index in [1.807, 2.05) is 61.5 Å². The number of hydrogen-bond donors (Lipinski definition) is 2. The predicted molar refractivity (Wildman–Crippen MR) is 135 cm³/mol. The monoisotopic (exact) mass is 477 g/mol. The van der Waals surface area contributed by atoms with Crippen molar-refractivity contribution in [1.29, 1.82) is 0 Å². The average molecular weight is 478 g/mol. The van der Waals surface area contributed by atoms with E-state index in [1.54, 1.807) is 31.3 Å². The number of aryl methyl sites for hydroxylation is 1. The van der Waals surface area contributed by atoms with Crippen LogP contribution in [0.4, 0.5) is 5.69 Å². The Morgan fingerprint density at radius 3 is 2.26 bits per heavy atom. The molecule has 3 aromatic carbocycles. The highest BCUT2D eigenvalue weighted by molar-refractivity contribution is 6.33. The van der Waals surface area contributed by atoms with Gasteiger partial charge in [0.1, 0.15) is 0 Å². The molecular formula is C27H28ClN3O3. The van der Waals surface area contributed by atoms with E-state index in [2.05, 4.69) is 10.6 Å². The summed E-state index contributed by atoms with van der Waals surface area (Å²) in [4.78, 5) is 39.8. The molecule has 0 spiro atoms. The normalized spacial score (nSPS) is 11.4. The molecule has 1 atom stereocenters. The largest absolute Gasteiger partial charge is 0.345 e. The third-order valence-corrected chi connectivity index (χ3v) is 5.81. The molecule has 0 saturated carbocycles. The SMILES string of the molecule is CCc1ccccc1NC(=O)CN(C)C(=O)CC(NC(=O)c1ccccc1Cl)c1ccccc1. The molecule has 3 rings (SSSR count). The highest BCUT2D eigenvalue weighted by Crippen LogP contribution is 2.21.